The first-order chi connectivity index (χ1) is 7.26. The smallest absolute Gasteiger partial charge is 0.191 e. The van der Waals surface area contributed by atoms with Crippen molar-refractivity contribution in [1.29, 1.82) is 0 Å². The van der Waals surface area contributed by atoms with E-state index in [2.05, 4.69) is 16.8 Å². The van der Waals surface area contributed by atoms with Crippen molar-refractivity contribution in [2.24, 2.45) is 22.6 Å². The lowest BCUT2D eigenvalue weighted by Crippen LogP contribution is -2.53. The van der Waals surface area contributed by atoms with Crippen molar-refractivity contribution < 1.29 is 0 Å². The second-order valence-corrected chi connectivity index (χ2v) is 5.46. The summed E-state index contributed by atoms with van der Waals surface area (Å²) in [4.78, 5) is 6.95. The first-order valence-corrected chi connectivity index (χ1v) is 6.34. The monoisotopic (exact) mass is 207 g/mol. The van der Waals surface area contributed by atoms with E-state index in [0.29, 0.717) is 5.54 Å². The van der Waals surface area contributed by atoms with Crippen LogP contribution in [0.1, 0.15) is 39.0 Å². The molecule has 1 heterocycles. The van der Waals surface area contributed by atoms with Gasteiger partial charge in [0.15, 0.2) is 5.96 Å². The number of nitrogens with zero attached hydrogens (tertiary/aromatic N) is 2. The highest BCUT2D eigenvalue weighted by atomic mass is 15.4. The first kappa shape index (κ1) is 9.49. The Morgan fingerprint density at radius 3 is 2.67 bits per heavy atom. The molecule has 15 heavy (non-hydrogen) atoms. The zero-order valence-electron chi connectivity index (χ0n) is 9.58. The molecule has 3 aliphatic rings. The molecule has 0 spiro atoms. The van der Waals surface area contributed by atoms with Gasteiger partial charge >= 0.3 is 0 Å². The Kier molecular flexibility index (Phi) is 1.98. The van der Waals surface area contributed by atoms with Crippen molar-refractivity contribution in [3.05, 3.63) is 0 Å². The molecule has 1 unspecified atom stereocenters. The van der Waals surface area contributed by atoms with Crippen LogP contribution in [0.15, 0.2) is 4.99 Å². The Morgan fingerprint density at radius 2 is 2.13 bits per heavy atom. The fraction of sp³-hybridized carbons (Fsp3) is 0.917. The average molecular weight is 207 g/mol. The van der Waals surface area contributed by atoms with E-state index in [1.807, 2.05) is 0 Å². The van der Waals surface area contributed by atoms with E-state index in [-0.39, 0.29) is 0 Å². The summed E-state index contributed by atoms with van der Waals surface area (Å²) in [6.45, 7) is 4.42. The molecule has 3 rings (SSSR count). The summed E-state index contributed by atoms with van der Waals surface area (Å²) in [6.07, 6.45) is 6.77. The Morgan fingerprint density at radius 1 is 1.40 bits per heavy atom. The predicted octanol–water partition coefficient (Wildman–Crippen LogP) is 1.59. The van der Waals surface area contributed by atoms with Gasteiger partial charge in [-0.1, -0.05) is 6.92 Å². The second-order valence-electron chi connectivity index (χ2n) is 5.46. The van der Waals surface area contributed by atoms with Gasteiger partial charge in [-0.3, -0.25) is 4.99 Å². The molecular formula is C12H21N3. The quantitative estimate of drug-likeness (QED) is 0.760. The van der Waals surface area contributed by atoms with Crippen molar-refractivity contribution in [2.75, 3.05) is 13.1 Å². The lowest BCUT2D eigenvalue weighted by molar-refractivity contribution is 0.157. The maximum Gasteiger partial charge on any atom is 0.191 e. The van der Waals surface area contributed by atoms with Crippen LogP contribution in [0.4, 0.5) is 0 Å². The van der Waals surface area contributed by atoms with Crippen molar-refractivity contribution in [1.82, 2.24) is 4.90 Å². The van der Waals surface area contributed by atoms with E-state index in [1.165, 1.54) is 38.6 Å². The van der Waals surface area contributed by atoms with Gasteiger partial charge in [-0.2, -0.15) is 0 Å². The van der Waals surface area contributed by atoms with Gasteiger partial charge in [-0.15, -0.1) is 0 Å². The van der Waals surface area contributed by atoms with Crippen molar-refractivity contribution >= 4 is 5.96 Å². The maximum absolute atomic E-state index is 6.05. The Balaban J connectivity index is 1.80. The molecule has 84 valence electrons. The van der Waals surface area contributed by atoms with Crippen LogP contribution in [-0.4, -0.2) is 29.5 Å². The molecule has 3 nitrogen and oxygen atoms in total. The fourth-order valence-corrected chi connectivity index (χ4v) is 3.01. The minimum atomic E-state index is 0.312. The topological polar surface area (TPSA) is 41.6 Å². The SMILES string of the molecule is CCC1(C2CC2)CN=C(N)N1CC1CC1. The fourth-order valence-electron chi connectivity index (χ4n) is 3.01. The summed E-state index contributed by atoms with van der Waals surface area (Å²) in [7, 11) is 0. The van der Waals surface area contributed by atoms with Gasteiger partial charge in [0.2, 0.25) is 0 Å². The van der Waals surface area contributed by atoms with E-state index in [1.54, 1.807) is 0 Å². The van der Waals surface area contributed by atoms with Crippen molar-refractivity contribution in [3.8, 4) is 0 Å². The highest BCUT2D eigenvalue weighted by Crippen LogP contribution is 2.48. The lowest BCUT2D eigenvalue weighted by Gasteiger charge is -2.39. The molecule has 2 fully saturated rings. The molecule has 0 aromatic carbocycles. The summed E-state index contributed by atoms with van der Waals surface area (Å²) < 4.78 is 0. The predicted molar refractivity (Wildman–Crippen MR) is 61.7 cm³/mol. The van der Waals surface area contributed by atoms with Gasteiger partial charge in [0.05, 0.1) is 12.1 Å². The summed E-state index contributed by atoms with van der Waals surface area (Å²) in [5.41, 5.74) is 6.36. The third-order valence-electron chi connectivity index (χ3n) is 4.42. The number of hydrogen-bond acceptors (Lipinski definition) is 3. The third-order valence-corrected chi connectivity index (χ3v) is 4.42. The number of aliphatic imine (C=N–C) groups is 1. The summed E-state index contributed by atoms with van der Waals surface area (Å²) in [6, 6.07) is 0. The van der Waals surface area contributed by atoms with E-state index >= 15 is 0 Å². The molecule has 2 aliphatic carbocycles. The summed E-state index contributed by atoms with van der Waals surface area (Å²) in [5.74, 6) is 2.59. The standard InChI is InChI=1S/C12H21N3/c1-2-12(10-5-6-10)8-14-11(13)15(12)7-9-3-4-9/h9-10H,2-8H2,1H3,(H2,13,14). The number of hydrogen-bond donors (Lipinski definition) is 1. The van der Waals surface area contributed by atoms with E-state index in [9.17, 15) is 0 Å². The lowest BCUT2D eigenvalue weighted by atomic mass is 9.89. The second kappa shape index (κ2) is 3.13. The van der Waals surface area contributed by atoms with Crippen LogP contribution in [-0.2, 0) is 0 Å². The minimum Gasteiger partial charge on any atom is -0.370 e. The zero-order chi connectivity index (χ0) is 10.5. The van der Waals surface area contributed by atoms with Crippen molar-refractivity contribution in [3.63, 3.8) is 0 Å². The average Bonchev–Trinajstić information content (AvgIpc) is 3.11. The first-order valence-electron chi connectivity index (χ1n) is 6.34. The Hall–Kier alpha value is -0.730. The van der Waals surface area contributed by atoms with Gasteiger partial charge in [0, 0.05) is 6.54 Å². The van der Waals surface area contributed by atoms with E-state index in [4.69, 9.17) is 5.73 Å². The van der Waals surface area contributed by atoms with Crippen LogP contribution in [0.25, 0.3) is 0 Å². The molecule has 1 aliphatic heterocycles. The molecule has 0 aromatic heterocycles. The molecule has 0 aromatic rings. The molecule has 2 saturated carbocycles. The molecule has 0 bridgehead atoms. The number of rotatable bonds is 4. The zero-order valence-corrected chi connectivity index (χ0v) is 9.58. The van der Waals surface area contributed by atoms with Gasteiger partial charge in [-0.25, -0.2) is 0 Å². The van der Waals surface area contributed by atoms with Crippen LogP contribution >= 0.6 is 0 Å². The number of guanidine groups is 1. The highest BCUT2D eigenvalue weighted by molar-refractivity contribution is 5.81. The van der Waals surface area contributed by atoms with Gasteiger partial charge in [-0.05, 0) is 43.9 Å². The van der Waals surface area contributed by atoms with Gasteiger partial charge < -0.3 is 10.6 Å². The van der Waals surface area contributed by atoms with Gasteiger partial charge in [0.1, 0.15) is 0 Å². The molecule has 0 saturated heterocycles. The van der Waals surface area contributed by atoms with Crippen LogP contribution in [0.5, 0.6) is 0 Å². The van der Waals surface area contributed by atoms with Gasteiger partial charge in [0.25, 0.3) is 0 Å². The molecule has 0 amide bonds. The van der Waals surface area contributed by atoms with Crippen LogP contribution in [0.3, 0.4) is 0 Å². The molecular weight excluding hydrogens is 186 g/mol. The molecule has 1 atom stereocenters. The van der Waals surface area contributed by atoms with Crippen LogP contribution in [0, 0.1) is 11.8 Å². The largest absolute Gasteiger partial charge is 0.370 e. The highest BCUT2D eigenvalue weighted by Gasteiger charge is 2.52. The third kappa shape index (κ3) is 1.44. The van der Waals surface area contributed by atoms with E-state index in [0.717, 1.165) is 24.3 Å². The Labute approximate surface area is 91.7 Å². The molecule has 3 heteroatoms. The summed E-state index contributed by atoms with van der Waals surface area (Å²) >= 11 is 0. The van der Waals surface area contributed by atoms with Crippen molar-refractivity contribution in [2.45, 2.75) is 44.6 Å². The number of nitrogens with two attached hydrogens (primary N) is 1. The summed E-state index contributed by atoms with van der Waals surface area (Å²) in [5, 5.41) is 0. The molecule has 2 N–H and O–H groups in total. The van der Waals surface area contributed by atoms with Crippen LogP contribution in [0.2, 0.25) is 0 Å². The molecule has 0 radical (unpaired) electrons. The Bertz CT molecular complexity index is 291. The normalized spacial score (nSPS) is 35.8. The van der Waals surface area contributed by atoms with Crippen LogP contribution < -0.4 is 5.73 Å². The minimum absolute atomic E-state index is 0.312. The van der Waals surface area contributed by atoms with E-state index < -0.39 is 0 Å². The maximum atomic E-state index is 6.05.